The standard InChI is InChI=1S/C23H20N2OS2/c1-3-16-11-12-22(28-16)21-14-19(18-9-4-5-10-20(18)25-21)23(26)24-15-7-6-8-17(13-15)27-2/h4-14H,3H2,1-2H3,(H,24,26). The van der Waals surface area contributed by atoms with E-state index < -0.39 is 0 Å². The first-order chi connectivity index (χ1) is 13.7. The molecule has 2 aromatic carbocycles. The minimum atomic E-state index is -0.120. The molecule has 0 unspecified atom stereocenters. The summed E-state index contributed by atoms with van der Waals surface area (Å²) in [5.41, 5.74) is 3.10. The van der Waals surface area contributed by atoms with Crippen LogP contribution in [0, 0.1) is 0 Å². The van der Waals surface area contributed by atoms with Gasteiger partial charge >= 0.3 is 0 Å². The molecule has 0 aliphatic heterocycles. The summed E-state index contributed by atoms with van der Waals surface area (Å²) in [5.74, 6) is -0.120. The highest BCUT2D eigenvalue weighted by molar-refractivity contribution is 7.98. The molecule has 28 heavy (non-hydrogen) atoms. The lowest BCUT2D eigenvalue weighted by Gasteiger charge is -2.10. The van der Waals surface area contributed by atoms with Gasteiger partial charge in [-0.3, -0.25) is 4.79 Å². The molecule has 5 heteroatoms. The van der Waals surface area contributed by atoms with Crippen LogP contribution < -0.4 is 5.32 Å². The average Bonchev–Trinajstić information content (AvgIpc) is 3.22. The van der Waals surface area contributed by atoms with Gasteiger partial charge in [-0.1, -0.05) is 31.2 Å². The topological polar surface area (TPSA) is 42.0 Å². The van der Waals surface area contributed by atoms with E-state index in [2.05, 4.69) is 24.4 Å². The number of anilines is 1. The number of aromatic nitrogens is 1. The Kier molecular flexibility index (Phi) is 5.46. The van der Waals surface area contributed by atoms with Crippen LogP contribution in [0.1, 0.15) is 22.2 Å². The van der Waals surface area contributed by atoms with Crippen molar-refractivity contribution >= 4 is 45.6 Å². The van der Waals surface area contributed by atoms with E-state index in [1.165, 1.54) is 4.88 Å². The number of fused-ring (bicyclic) bond motifs is 1. The van der Waals surface area contributed by atoms with E-state index in [-0.39, 0.29) is 5.91 Å². The van der Waals surface area contributed by atoms with Crippen molar-refractivity contribution in [3.8, 4) is 10.6 Å². The number of carbonyl (C=O) groups is 1. The Labute approximate surface area is 172 Å². The number of aryl methyl sites for hydroxylation is 1. The lowest BCUT2D eigenvalue weighted by Crippen LogP contribution is -2.13. The molecule has 0 fully saturated rings. The molecule has 0 bridgehead atoms. The van der Waals surface area contributed by atoms with Gasteiger partial charge in [0.15, 0.2) is 0 Å². The minimum absolute atomic E-state index is 0.120. The van der Waals surface area contributed by atoms with Gasteiger partial charge in [0.2, 0.25) is 0 Å². The molecule has 0 saturated carbocycles. The number of nitrogens with one attached hydrogen (secondary N) is 1. The second kappa shape index (κ2) is 8.17. The maximum atomic E-state index is 13.1. The minimum Gasteiger partial charge on any atom is -0.322 e. The first kappa shape index (κ1) is 18.7. The van der Waals surface area contributed by atoms with E-state index in [1.54, 1.807) is 23.1 Å². The average molecular weight is 405 g/mol. The number of amides is 1. The van der Waals surface area contributed by atoms with Crippen LogP contribution in [0.2, 0.25) is 0 Å². The molecule has 140 valence electrons. The Morgan fingerprint density at radius 2 is 1.93 bits per heavy atom. The molecule has 0 radical (unpaired) electrons. The Morgan fingerprint density at radius 3 is 2.71 bits per heavy atom. The third-order valence-electron chi connectivity index (χ3n) is 4.55. The first-order valence-electron chi connectivity index (χ1n) is 9.12. The van der Waals surface area contributed by atoms with Crippen molar-refractivity contribution in [2.24, 2.45) is 0 Å². The molecule has 0 spiro atoms. The van der Waals surface area contributed by atoms with Crippen LogP contribution in [0.5, 0.6) is 0 Å². The fourth-order valence-corrected chi connectivity index (χ4v) is 4.46. The van der Waals surface area contributed by atoms with Crippen molar-refractivity contribution < 1.29 is 4.79 Å². The number of para-hydroxylation sites is 1. The number of thioether (sulfide) groups is 1. The summed E-state index contributed by atoms with van der Waals surface area (Å²) in [4.78, 5) is 21.4. The zero-order chi connectivity index (χ0) is 19.5. The number of hydrogen-bond donors (Lipinski definition) is 1. The van der Waals surface area contributed by atoms with Crippen LogP contribution in [0.25, 0.3) is 21.5 Å². The lowest BCUT2D eigenvalue weighted by molar-refractivity contribution is 0.102. The molecule has 1 N–H and O–H groups in total. The summed E-state index contributed by atoms with van der Waals surface area (Å²) >= 11 is 3.38. The van der Waals surface area contributed by atoms with Gasteiger partial charge < -0.3 is 5.32 Å². The first-order valence-corrected chi connectivity index (χ1v) is 11.2. The van der Waals surface area contributed by atoms with Crippen molar-refractivity contribution in [2.45, 2.75) is 18.2 Å². The summed E-state index contributed by atoms with van der Waals surface area (Å²) in [5, 5.41) is 3.90. The number of hydrogen-bond acceptors (Lipinski definition) is 4. The number of pyridine rings is 1. The van der Waals surface area contributed by atoms with Crippen molar-refractivity contribution in [1.82, 2.24) is 4.98 Å². The maximum absolute atomic E-state index is 13.1. The predicted octanol–water partition coefficient (Wildman–Crippen LogP) is 6.50. The van der Waals surface area contributed by atoms with Crippen LogP contribution >= 0.6 is 23.1 Å². The predicted molar refractivity (Wildman–Crippen MR) is 121 cm³/mol. The molecule has 0 aliphatic rings. The normalized spacial score (nSPS) is 10.9. The Bertz CT molecular complexity index is 1150. The molecule has 4 rings (SSSR count). The van der Waals surface area contributed by atoms with E-state index >= 15 is 0 Å². The molecular weight excluding hydrogens is 384 g/mol. The van der Waals surface area contributed by atoms with Crippen molar-refractivity contribution in [3.05, 3.63) is 77.2 Å². The molecule has 1 amide bonds. The molecule has 0 atom stereocenters. The van der Waals surface area contributed by atoms with E-state index in [0.717, 1.165) is 38.5 Å². The van der Waals surface area contributed by atoms with Gasteiger partial charge in [-0.25, -0.2) is 4.98 Å². The van der Waals surface area contributed by atoms with Crippen LogP contribution in [-0.4, -0.2) is 17.1 Å². The summed E-state index contributed by atoms with van der Waals surface area (Å²) in [6.45, 7) is 2.14. The van der Waals surface area contributed by atoms with Crippen LogP contribution in [0.3, 0.4) is 0 Å². The van der Waals surface area contributed by atoms with Gasteiger partial charge in [0.25, 0.3) is 5.91 Å². The zero-order valence-corrected chi connectivity index (χ0v) is 17.4. The SMILES string of the molecule is CCc1ccc(-c2cc(C(=O)Nc3cccc(SC)c3)c3ccccc3n2)s1. The fraction of sp³-hybridized carbons (Fsp3) is 0.130. The summed E-state index contributed by atoms with van der Waals surface area (Å²) in [6.07, 6.45) is 3.02. The number of benzene rings is 2. The maximum Gasteiger partial charge on any atom is 0.256 e. The summed E-state index contributed by atoms with van der Waals surface area (Å²) in [7, 11) is 0. The highest BCUT2D eigenvalue weighted by Crippen LogP contribution is 2.31. The highest BCUT2D eigenvalue weighted by Gasteiger charge is 2.15. The monoisotopic (exact) mass is 404 g/mol. The molecule has 0 aliphatic carbocycles. The van der Waals surface area contributed by atoms with Gasteiger partial charge in [-0.2, -0.15) is 0 Å². The largest absolute Gasteiger partial charge is 0.322 e. The van der Waals surface area contributed by atoms with Gasteiger partial charge in [0, 0.05) is 20.8 Å². The number of carbonyl (C=O) groups excluding carboxylic acids is 1. The quantitative estimate of drug-likeness (QED) is 0.386. The Hall–Kier alpha value is -2.63. The van der Waals surface area contributed by atoms with E-state index in [4.69, 9.17) is 4.98 Å². The zero-order valence-electron chi connectivity index (χ0n) is 15.7. The van der Waals surface area contributed by atoms with Crippen LogP contribution in [0.4, 0.5) is 5.69 Å². The lowest BCUT2D eigenvalue weighted by atomic mass is 10.1. The van der Waals surface area contributed by atoms with Gasteiger partial charge in [0.05, 0.1) is 21.7 Å². The van der Waals surface area contributed by atoms with Crippen molar-refractivity contribution in [3.63, 3.8) is 0 Å². The molecule has 0 saturated heterocycles. The van der Waals surface area contributed by atoms with Gasteiger partial charge in [0.1, 0.15) is 0 Å². The fourth-order valence-electron chi connectivity index (χ4n) is 3.09. The highest BCUT2D eigenvalue weighted by atomic mass is 32.2. The van der Waals surface area contributed by atoms with Crippen molar-refractivity contribution in [1.29, 1.82) is 0 Å². The smallest absolute Gasteiger partial charge is 0.256 e. The summed E-state index contributed by atoms with van der Waals surface area (Å²) in [6, 6.07) is 21.8. The molecule has 4 aromatic rings. The Balaban J connectivity index is 1.77. The number of rotatable bonds is 5. The van der Waals surface area contributed by atoms with E-state index in [0.29, 0.717) is 5.56 Å². The van der Waals surface area contributed by atoms with Crippen LogP contribution in [-0.2, 0) is 6.42 Å². The summed E-state index contributed by atoms with van der Waals surface area (Å²) < 4.78 is 0. The molecular formula is C23H20N2OS2. The van der Waals surface area contributed by atoms with Gasteiger partial charge in [-0.05, 0) is 55.1 Å². The van der Waals surface area contributed by atoms with Crippen LogP contribution in [0.15, 0.2) is 71.6 Å². The molecule has 3 nitrogen and oxygen atoms in total. The van der Waals surface area contributed by atoms with Gasteiger partial charge in [-0.15, -0.1) is 23.1 Å². The third kappa shape index (κ3) is 3.81. The third-order valence-corrected chi connectivity index (χ3v) is 6.53. The van der Waals surface area contributed by atoms with E-state index in [1.807, 2.05) is 60.9 Å². The molecule has 2 heterocycles. The molecule has 2 aromatic heterocycles. The van der Waals surface area contributed by atoms with E-state index in [9.17, 15) is 4.79 Å². The number of thiophene rings is 1. The second-order valence-corrected chi connectivity index (χ2v) is 8.43. The second-order valence-electron chi connectivity index (χ2n) is 6.38. The number of nitrogens with zero attached hydrogens (tertiary/aromatic N) is 1. The van der Waals surface area contributed by atoms with Crippen molar-refractivity contribution in [2.75, 3.05) is 11.6 Å². The Morgan fingerprint density at radius 1 is 1.07 bits per heavy atom.